The van der Waals surface area contributed by atoms with E-state index >= 15 is 0 Å². The van der Waals surface area contributed by atoms with E-state index in [1.165, 1.54) is 23.5 Å². The van der Waals surface area contributed by atoms with Gasteiger partial charge in [-0.1, -0.05) is 0 Å². The maximum atomic E-state index is 13.4. The van der Waals surface area contributed by atoms with E-state index in [0.29, 0.717) is 17.6 Å². The molecule has 0 spiro atoms. The molecule has 4 aromatic heterocycles. The Morgan fingerprint density at radius 1 is 1.09 bits per heavy atom. The molecule has 2 saturated heterocycles. The molecule has 2 aliphatic carbocycles. The molecule has 45 heavy (non-hydrogen) atoms. The van der Waals surface area contributed by atoms with E-state index in [2.05, 4.69) is 29.9 Å². The molecule has 2 aliphatic heterocycles. The number of imidazole rings is 2. The third kappa shape index (κ3) is 4.37. The molecule has 23 heteroatoms. The van der Waals surface area contributed by atoms with Crippen molar-refractivity contribution in [1.82, 2.24) is 39.0 Å². The van der Waals surface area contributed by atoms with Crippen LogP contribution in [0.25, 0.3) is 22.3 Å². The van der Waals surface area contributed by atoms with E-state index in [-0.39, 0.29) is 35.5 Å². The van der Waals surface area contributed by atoms with E-state index in [9.17, 15) is 29.4 Å². The van der Waals surface area contributed by atoms with Gasteiger partial charge in [-0.2, -0.15) is 4.98 Å². The Balaban J connectivity index is 1.15. The van der Waals surface area contributed by atoms with Crippen molar-refractivity contribution < 1.29 is 38.1 Å². The summed E-state index contributed by atoms with van der Waals surface area (Å²) in [6.45, 7) is -4.59. The number of nitrogens with one attached hydrogen (secondary N) is 1. The number of H-pyrrole nitrogens is 1. The van der Waals surface area contributed by atoms with Gasteiger partial charge in [0, 0.05) is 5.92 Å². The van der Waals surface area contributed by atoms with Crippen LogP contribution >= 0.6 is 26.1 Å². The van der Waals surface area contributed by atoms with Crippen LogP contribution in [-0.4, -0.2) is 101 Å². The first kappa shape index (κ1) is 29.8. The number of nitrogens with two attached hydrogens (primary N) is 2. The minimum absolute atomic E-state index is 0.0421. The highest BCUT2D eigenvalue weighted by atomic mass is 32.5. The van der Waals surface area contributed by atoms with Crippen molar-refractivity contribution in [2.45, 2.75) is 46.6 Å². The standard InChI is InChI=1S/C22H26N10O9P2S2/c23-16-10-17(26-4-25-16)32(6-28-10)22-1-8(22)7-2-40-43(37,38)41-13-12(33)9(3-39-42(36,44)14(7)15(22)34)45-20(13)31-5-27-11-18(31)29-21(24)30-19(11)35/h4-9,12-15,20,33-34H,1-3H2,(H,36,44)(H,37,38)(H2,23,25,26)(H3,24,29,30,35)/t7-,8-,9+,12+,13+,14+,15+,20+,22?,42?/m0/s1. The Labute approximate surface area is 261 Å². The molecule has 11 atom stereocenters. The number of nitrogens with zero attached hydrogens (tertiary/aromatic N) is 7. The fourth-order valence-corrected chi connectivity index (χ4v) is 12.7. The maximum absolute atomic E-state index is 13.4. The molecule has 3 unspecified atom stereocenters. The fraction of sp³-hybridized carbons (Fsp3) is 0.545. The summed E-state index contributed by atoms with van der Waals surface area (Å²) in [5, 5.41) is 21.3. The summed E-state index contributed by atoms with van der Waals surface area (Å²) >= 11 is 6.72. The van der Waals surface area contributed by atoms with Gasteiger partial charge in [-0.05, 0) is 24.1 Å². The second kappa shape index (κ2) is 9.98. The van der Waals surface area contributed by atoms with Crippen LogP contribution in [0.3, 0.4) is 0 Å². The van der Waals surface area contributed by atoms with Crippen LogP contribution < -0.4 is 17.0 Å². The molecule has 0 radical (unpaired) electrons. The van der Waals surface area contributed by atoms with Gasteiger partial charge < -0.3 is 40.6 Å². The third-order valence-electron chi connectivity index (χ3n) is 9.15. The number of aromatic nitrogens is 8. The van der Waals surface area contributed by atoms with Crippen LogP contribution in [-0.2, 0) is 35.5 Å². The lowest BCUT2D eigenvalue weighted by atomic mass is 10.0. The summed E-state index contributed by atoms with van der Waals surface area (Å²) < 4.78 is 33.6. The summed E-state index contributed by atoms with van der Waals surface area (Å²) in [5.74, 6) is -1.12. The number of thioether (sulfide) groups is 1. The number of hydrogen-bond donors (Lipinski definition) is 7. The molecule has 19 nitrogen and oxygen atoms in total. The Morgan fingerprint density at radius 3 is 2.67 bits per heavy atom. The van der Waals surface area contributed by atoms with Crippen LogP contribution in [0.1, 0.15) is 11.8 Å². The number of aliphatic hydroxyl groups excluding tert-OH is 2. The first-order valence-corrected chi connectivity index (χ1v) is 18.8. The summed E-state index contributed by atoms with van der Waals surface area (Å²) in [6.07, 6.45) is 0.362. The van der Waals surface area contributed by atoms with Gasteiger partial charge in [-0.25, -0.2) is 24.5 Å². The summed E-state index contributed by atoms with van der Waals surface area (Å²) in [4.78, 5) is 58.1. The fourth-order valence-electron chi connectivity index (χ4n) is 7.09. The van der Waals surface area contributed by atoms with Gasteiger partial charge in [-0.3, -0.25) is 23.4 Å². The zero-order chi connectivity index (χ0) is 31.6. The second-order valence-corrected chi connectivity index (χ2v) is 17.8. The minimum Gasteiger partial charge on any atom is -0.390 e. The Hall–Kier alpha value is -2.55. The molecular formula is C22H26N10O9P2S2. The predicted molar refractivity (Wildman–Crippen MR) is 161 cm³/mol. The van der Waals surface area contributed by atoms with Gasteiger partial charge in [0.05, 0.1) is 54.5 Å². The van der Waals surface area contributed by atoms with Crippen LogP contribution in [0.5, 0.6) is 0 Å². The molecule has 4 aromatic rings. The number of fused-ring (bicyclic) bond motifs is 7. The number of rotatable bonds is 2. The molecule has 4 fully saturated rings. The molecule has 0 amide bonds. The molecule has 0 aromatic carbocycles. The van der Waals surface area contributed by atoms with Gasteiger partial charge in [-0.15, -0.1) is 11.8 Å². The van der Waals surface area contributed by atoms with Crippen molar-refractivity contribution in [2.75, 3.05) is 24.7 Å². The highest BCUT2D eigenvalue weighted by molar-refractivity contribution is 8.09. The lowest BCUT2D eigenvalue weighted by Crippen LogP contribution is -2.40. The topological polar surface area (TPSA) is 285 Å². The molecule has 240 valence electrons. The van der Waals surface area contributed by atoms with Gasteiger partial charge in [0.25, 0.3) is 5.56 Å². The van der Waals surface area contributed by atoms with E-state index in [1.807, 2.05) is 0 Å². The zero-order valence-corrected chi connectivity index (χ0v) is 26.2. The van der Waals surface area contributed by atoms with Crippen molar-refractivity contribution in [1.29, 1.82) is 0 Å². The number of hydrogen-bond acceptors (Lipinski definition) is 16. The van der Waals surface area contributed by atoms with Crippen molar-refractivity contribution >= 4 is 72.0 Å². The van der Waals surface area contributed by atoms with Crippen LogP contribution in [0, 0.1) is 11.8 Å². The van der Waals surface area contributed by atoms with Crippen LogP contribution in [0.15, 0.2) is 23.8 Å². The first-order chi connectivity index (χ1) is 21.3. The third-order valence-corrected chi connectivity index (χ3v) is 14.7. The smallest absolute Gasteiger partial charge is 0.390 e. The molecule has 2 bridgehead atoms. The number of nitrogen functional groups attached to an aromatic ring is 2. The number of aliphatic hydroxyl groups is 2. The van der Waals surface area contributed by atoms with E-state index in [1.54, 1.807) is 4.57 Å². The lowest BCUT2D eigenvalue weighted by Gasteiger charge is -2.35. The average Bonchev–Trinajstić information content (AvgIpc) is 3.24. The molecule has 6 heterocycles. The molecule has 4 aliphatic rings. The molecular weight excluding hydrogens is 674 g/mol. The van der Waals surface area contributed by atoms with E-state index in [0.717, 1.165) is 11.8 Å². The summed E-state index contributed by atoms with van der Waals surface area (Å²) in [5.41, 5.74) is 9.75. The normalized spacial score (nSPS) is 41.4. The van der Waals surface area contributed by atoms with Crippen LogP contribution in [0.2, 0.25) is 0 Å². The van der Waals surface area contributed by atoms with Crippen molar-refractivity contribution in [3.8, 4) is 0 Å². The van der Waals surface area contributed by atoms with E-state index < -0.39 is 72.5 Å². The first-order valence-electron chi connectivity index (χ1n) is 13.6. The SMILES string of the molecule is Nc1nc2c(ncn2[C@@H]2S[C@@H]3COP(O)(=S)[C@@H]4[C@@H](COP(=O)(O)O[C@@H]2[C@@H]3O)[C@@H]2CC2(n2cnc3c(N)ncnc32)[C@@H]4O)c(=O)[nH]1. The van der Waals surface area contributed by atoms with E-state index in [4.69, 9.17) is 36.8 Å². The summed E-state index contributed by atoms with van der Waals surface area (Å²) in [6, 6.07) is 0. The number of anilines is 2. The highest BCUT2D eigenvalue weighted by Gasteiger charge is 2.75. The van der Waals surface area contributed by atoms with Crippen molar-refractivity contribution in [3.63, 3.8) is 0 Å². The highest BCUT2D eigenvalue weighted by Crippen LogP contribution is 2.73. The zero-order valence-electron chi connectivity index (χ0n) is 22.8. The lowest BCUT2D eigenvalue weighted by molar-refractivity contribution is -0.00130. The van der Waals surface area contributed by atoms with Gasteiger partial charge in [0.1, 0.15) is 23.3 Å². The second-order valence-electron chi connectivity index (χ2n) is 11.5. The maximum Gasteiger partial charge on any atom is 0.472 e. The Morgan fingerprint density at radius 2 is 1.87 bits per heavy atom. The quantitative estimate of drug-likeness (QED) is 0.124. The predicted octanol–water partition coefficient (Wildman–Crippen LogP) is -0.993. The monoisotopic (exact) mass is 700 g/mol. The van der Waals surface area contributed by atoms with Crippen molar-refractivity contribution in [2.24, 2.45) is 11.8 Å². The average molecular weight is 701 g/mol. The summed E-state index contributed by atoms with van der Waals surface area (Å²) in [7, 11) is -4.89. The number of aromatic amines is 1. The number of phosphoric acid groups is 1. The van der Waals surface area contributed by atoms with Crippen molar-refractivity contribution in [3.05, 3.63) is 29.3 Å². The number of phosphoric ester groups is 1. The van der Waals surface area contributed by atoms with Crippen LogP contribution in [0.4, 0.5) is 11.8 Å². The molecule has 2 saturated carbocycles. The largest absolute Gasteiger partial charge is 0.472 e. The minimum atomic E-state index is -4.89. The Kier molecular flexibility index (Phi) is 6.61. The Bertz CT molecular complexity index is 2030. The van der Waals surface area contributed by atoms with Gasteiger partial charge in [0.2, 0.25) is 5.95 Å². The van der Waals surface area contributed by atoms with Gasteiger partial charge >= 0.3 is 7.82 Å². The van der Waals surface area contributed by atoms with Gasteiger partial charge in [0.15, 0.2) is 29.1 Å². The molecule has 9 N–H and O–H groups in total. The molecule has 8 rings (SSSR count).